The first-order valence-corrected chi connectivity index (χ1v) is 46.8. The Morgan fingerprint density at radius 1 is 0.385 bits per heavy atom. The van der Waals surface area contributed by atoms with Crippen LogP contribution in [0.15, 0.2) is 104 Å². The molecule has 0 saturated heterocycles. The number of aromatic nitrogens is 18. The minimum atomic E-state index is -0.681. The number of hydrogen-bond acceptors (Lipinski definition) is 30. The summed E-state index contributed by atoms with van der Waals surface area (Å²) in [6, 6.07) is 19.6. The maximum Gasteiger partial charge on any atom is 0.417 e. The average Bonchev–Trinajstić information content (AvgIpc) is 1.63. The summed E-state index contributed by atoms with van der Waals surface area (Å²) in [6.07, 6.45) is 11.9. The molecule has 0 spiro atoms. The Hall–Kier alpha value is -16.1. The van der Waals surface area contributed by atoms with E-state index in [-0.39, 0.29) is 78.8 Å². The van der Waals surface area contributed by atoms with Crippen LogP contribution >= 0.6 is 22.6 Å². The van der Waals surface area contributed by atoms with Crippen LogP contribution in [-0.2, 0) is 109 Å². The summed E-state index contributed by atoms with van der Waals surface area (Å²) in [5.74, 6) is 0.297. The number of nitrogen functional groups attached to an aromatic ring is 1. The molecule has 6 aliphatic rings. The molecular formula is C97H115IN30O15. The lowest BCUT2D eigenvalue weighted by Gasteiger charge is -2.28. The highest BCUT2D eigenvalue weighted by Gasteiger charge is 2.40. The third-order valence-electron chi connectivity index (χ3n) is 23.7. The molecule has 46 heteroatoms. The van der Waals surface area contributed by atoms with Crippen molar-refractivity contribution < 1.29 is 71.7 Å². The Labute approximate surface area is 837 Å². The quantitative estimate of drug-likeness (QED) is 0.0467. The number of nitrogens with zero attached hydrogens (tertiary/aromatic N) is 23. The molecule has 0 aromatic carbocycles. The first kappa shape index (κ1) is 104. The zero-order valence-electron chi connectivity index (χ0n) is 83.7. The number of hydrogen-bond donors (Lipinski definition) is 7. The van der Waals surface area contributed by atoms with Gasteiger partial charge in [-0.15, -0.1) is 0 Å². The maximum atomic E-state index is 12.9. The molecule has 0 fully saturated rings. The fourth-order valence-corrected chi connectivity index (χ4v) is 17.0. The van der Waals surface area contributed by atoms with Gasteiger partial charge in [0, 0.05) is 240 Å². The number of carbonyl (C=O) groups is 12. The van der Waals surface area contributed by atoms with Gasteiger partial charge in [-0.2, -0.15) is 0 Å². The Morgan fingerprint density at radius 2 is 0.671 bits per heavy atom. The van der Waals surface area contributed by atoms with Crippen LogP contribution in [0.3, 0.4) is 0 Å². The normalized spacial score (nSPS) is 13.9. The molecule has 0 bridgehead atoms. The lowest BCUT2D eigenvalue weighted by molar-refractivity contribution is -0.117. The van der Waals surface area contributed by atoms with Crippen molar-refractivity contribution in [3.8, 4) is 68.3 Å². The highest BCUT2D eigenvalue weighted by molar-refractivity contribution is 14.1. The average molecular weight is 2070 g/mol. The van der Waals surface area contributed by atoms with Crippen molar-refractivity contribution in [3.05, 3.63) is 175 Å². The van der Waals surface area contributed by atoms with E-state index in [1.165, 1.54) is 36.8 Å². The molecule has 0 radical (unpaired) electrons. The highest BCUT2D eigenvalue weighted by atomic mass is 127. The molecule has 18 heterocycles. The van der Waals surface area contributed by atoms with Crippen LogP contribution in [0.4, 0.5) is 50.1 Å². The lowest BCUT2D eigenvalue weighted by Crippen LogP contribution is -2.44. The van der Waals surface area contributed by atoms with E-state index in [0.29, 0.717) is 113 Å². The summed E-state index contributed by atoms with van der Waals surface area (Å²) < 4.78 is 28.7. The van der Waals surface area contributed by atoms with Crippen LogP contribution in [0.1, 0.15) is 179 Å². The third kappa shape index (κ3) is 23.5. The standard InChI is InChI=1S/C20H25N5O4.C19H23N5O4.C17H21N5O3.C15H17N5O2.C13H14IN5O.C13H15N5O/c1-12(26)23(5)18-21-9-7-14(22-18)16-11-13-15(24(16)6)8-10-25(17(13)27)19(28)29-20(2,3)4;1-11(25)21-17-20-8-6-13(22-17)15-10-12-14(23(15)5)7-9-24(16(12)26)18(27)28-19(2,3)4;1-17(2,3)25-16(24)22-8-6-12-10(14(22)23)9-13(21(12)4)11-5-7-19-15(18)20-11;1-9(21)19(2)15-17-6-4-11(18-15)13-8-10-12(20(13)3)5-7-16-14(10)22;1-15-13-17-6-8(14)11(18-13)10-5-7-9(19(10)2)3-4-16-12(7)20;1-14-13-16-5-3-9(17-13)11-7-8-10(18(11)2)4-6-15-12(8)19/h7,9,11H,8,10H2,1-6H3;6,8,10H,7,9H2,1-5H3,(H,20,21,22,25);5,7,9H,6,8H2,1-4H3,(H2,18,19,20);4,6,8H,5,7H2,1-3H3,(H,16,22);5-6H,3-4H2,1-2H3,(H,16,20)(H,15,17,18);3,5,7H,4,6H2,1-2H3,(H,15,19)(H,14,16,17). The molecule has 18 rings (SSSR count). The number of imide groups is 3. The number of nitrogens with two attached hydrogens (primary N) is 1. The predicted molar refractivity (Wildman–Crippen MR) is 538 cm³/mol. The molecule has 45 nitrogen and oxygen atoms in total. The molecule has 0 atom stereocenters. The Kier molecular flexibility index (Phi) is 31.3. The summed E-state index contributed by atoms with van der Waals surface area (Å²) in [4.78, 5) is 203. The molecule has 6 aliphatic heterocycles. The Balaban J connectivity index is 0.000000145. The molecule has 8 N–H and O–H groups in total. The van der Waals surface area contributed by atoms with Gasteiger partial charge < -0.3 is 73.9 Å². The largest absolute Gasteiger partial charge is 0.443 e. The molecular weight excluding hydrogens is 1950 g/mol. The summed E-state index contributed by atoms with van der Waals surface area (Å²) in [5.41, 5.74) is 21.7. The van der Waals surface area contributed by atoms with E-state index in [0.717, 1.165) is 117 Å². The molecule has 143 heavy (non-hydrogen) atoms. The van der Waals surface area contributed by atoms with Crippen molar-refractivity contribution in [2.75, 3.05) is 98.9 Å². The van der Waals surface area contributed by atoms with E-state index in [1.54, 1.807) is 164 Å². The molecule has 12 aromatic heterocycles. The van der Waals surface area contributed by atoms with Gasteiger partial charge in [0.1, 0.15) is 22.5 Å². The van der Waals surface area contributed by atoms with E-state index in [9.17, 15) is 57.5 Å². The zero-order chi connectivity index (χ0) is 104. The number of fused-ring (bicyclic) bond motifs is 6. The van der Waals surface area contributed by atoms with Crippen molar-refractivity contribution in [3.63, 3.8) is 0 Å². The van der Waals surface area contributed by atoms with Gasteiger partial charge in [0.2, 0.25) is 53.4 Å². The first-order chi connectivity index (χ1) is 67.5. The number of amides is 12. The van der Waals surface area contributed by atoms with E-state index in [1.807, 2.05) is 89.4 Å². The number of ether oxygens (including phenoxy) is 3. The molecule has 0 unspecified atom stereocenters. The zero-order valence-corrected chi connectivity index (χ0v) is 85.8. The van der Waals surface area contributed by atoms with Gasteiger partial charge in [-0.05, 0) is 152 Å². The lowest BCUT2D eigenvalue weighted by atomic mass is 10.1. The SMILES string of the molecule is CC(=O)N(C)c1nccc(-c2cc3c(n2C)CCN(C(=O)OC(C)(C)C)C3=O)n1.CC(=O)N(C)c1nccc(-c2cc3c(n2C)CCNC3=O)n1.CC(=O)Nc1nccc(-c2cc3c(n2C)CCN(C(=O)OC(C)(C)C)C3=O)n1.CNc1ncc(I)c(-c2cc3c(n2C)CCNC3=O)n1.CNc1nccc(-c2cc3c(n2C)CCNC3=O)n1.Cn1c(-c2ccnc(N)n2)cc2c1CCN(C(=O)OC(C)(C)C)C2=O. The van der Waals surface area contributed by atoms with Crippen molar-refractivity contribution >= 4 is 130 Å². The fraction of sp³-hybridized carbons (Fsp3) is 0.381. The van der Waals surface area contributed by atoms with Gasteiger partial charge in [-0.3, -0.25) is 58.3 Å². The van der Waals surface area contributed by atoms with Gasteiger partial charge in [-0.1, -0.05) is 0 Å². The topological polar surface area (TPSA) is 531 Å². The molecule has 12 aromatic rings. The second-order valence-electron chi connectivity index (χ2n) is 36.8. The van der Waals surface area contributed by atoms with E-state index < -0.39 is 46.9 Å². The number of nitrogens with one attached hydrogen (secondary N) is 6. The summed E-state index contributed by atoms with van der Waals surface area (Å²) in [5, 5.41) is 17.0. The van der Waals surface area contributed by atoms with Crippen LogP contribution in [0.2, 0.25) is 0 Å². The fourth-order valence-electron chi connectivity index (χ4n) is 16.4. The Morgan fingerprint density at radius 3 is 0.993 bits per heavy atom. The maximum absolute atomic E-state index is 12.9. The van der Waals surface area contributed by atoms with Crippen molar-refractivity contribution in [2.45, 2.75) is 138 Å². The number of halogens is 1. The van der Waals surface area contributed by atoms with Crippen molar-refractivity contribution in [1.82, 2.24) is 118 Å². The van der Waals surface area contributed by atoms with Crippen LogP contribution in [0.5, 0.6) is 0 Å². The smallest absolute Gasteiger partial charge is 0.417 e. The van der Waals surface area contributed by atoms with Crippen LogP contribution in [0.25, 0.3) is 68.3 Å². The first-order valence-electron chi connectivity index (χ1n) is 45.7. The minimum Gasteiger partial charge on any atom is -0.443 e. The van der Waals surface area contributed by atoms with Gasteiger partial charge >= 0.3 is 18.3 Å². The second kappa shape index (κ2) is 42.9. The predicted octanol–water partition coefficient (Wildman–Crippen LogP) is 9.74. The van der Waals surface area contributed by atoms with Crippen LogP contribution in [-0.4, -0.2) is 258 Å². The number of anilines is 6. The van der Waals surface area contributed by atoms with Crippen LogP contribution < -0.4 is 47.4 Å². The van der Waals surface area contributed by atoms with E-state index in [4.69, 9.17) is 19.9 Å². The molecule has 750 valence electrons. The van der Waals surface area contributed by atoms with Crippen molar-refractivity contribution in [1.29, 1.82) is 0 Å². The van der Waals surface area contributed by atoms with Gasteiger partial charge in [-0.25, -0.2) is 88.9 Å². The Bertz CT molecular complexity index is 7020. The van der Waals surface area contributed by atoms with Gasteiger partial charge in [0.05, 0.1) is 99.6 Å². The van der Waals surface area contributed by atoms with E-state index in [2.05, 4.69) is 119 Å². The van der Waals surface area contributed by atoms with Crippen LogP contribution in [0, 0.1) is 3.57 Å². The van der Waals surface area contributed by atoms with Crippen molar-refractivity contribution in [2.24, 2.45) is 42.3 Å². The molecule has 0 aliphatic carbocycles. The summed E-state index contributed by atoms with van der Waals surface area (Å²) in [7, 11) is 18.2. The van der Waals surface area contributed by atoms with E-state index >= 15 is 0 Å². The highest BCUT2D eigenvalue weighted by Crippen LogP contribution is 2.37. The number of rotatable bonds is 11. The summed E-state index contributed by atoms with van der Waals surface area (Å²) in [6.45, 7) is 22.9. The molecule has 12 amide bonds. The number of carbonyl (C=O) groups excluding carboxylic acids is 12. The molecule has 0 saturated carbocycles. The van der Waals surface area contributed by atoms with Gasteiger partial charge in [0.15, 0.2) is 0 Å². The monoisotopic (exact) mass is 2070 g/mol. The minimum absolute atomic E-state index is 0.00833. The van der Waals surface area contributed by atoms with Gasteiger partial charge in [0.25, 0.3) is 35.4 Å². The third-order valence-corrected chi connectivity index (χ3v) is 24.4. The summed E-state index contributed by atoms with van der Waals surface area (Å²) >= 11 is 2.21. The second-order valence-corrected chi connectivity index (χ2v) is 38.0.